The molecule has 2 aliphatic rings. The molecule has 206 valence electrons. The molecule has 1 aliphatic heterocycles. The Hall–Kier alpha value is -3.81. The van der Waals surface area contributed by atoms with Crippen LogP contribution >= 0.6 is 0 Å². The zero-order valence-electron chi connectivity index (χ0n) is 23.6. The fraction of sp³-hybridized carbons (Fsp3) is 0.452. The van der Waals surface area contributed by atoms with Crippen LogP contribution < -0.4 is 10.1 Å². The molecule has 2 unspecified atom stereocenters. The zero-order chi connectivity index (χ0) is 28.2. The summed E-state index contributed by atoms with van der Waals surface area (Å²) in [6, 6.07) is 13.9. The van der Waals surface area contributed by atoms with Gasteiger partial charge in [0.25, 0.3) is 5.91 Å². The Bertz CT molecular complexity index is 1450. The number of carbonyl (C=O) groups is 3. The van der Waals surface area contributed by atoms with E-state index in [1.165, 1.54) is 5.56 Å². The van der Waals surface area contributed by atoms with E-state index in [-0.39, 0.29) is 11.7 Å². The summed E-state index contributed by atoms with van der Waals surface area (Å²) >= 11 is 0. The predicted octanol–water partition coefficient (Wildman–Crippen LogP) is 5.90. The number of ether oxygens (including phenoxy) is 2. The molecule has 1 saturated carbocycles. The highest BCUT2D eigenvalue weighted by Crippen LogP contribution is 2.65. The predicted molar refractivity (Wildman–Crippen MR) is 150 cm³/mol. The zero-order valence-corrected chi connectivity index (χ0v) is 23.6. The summed E-state index contributed by atoms with van der Waals surface area (Å²) in [5, 5.41) is 3.78. The second-order valence-electron chi connectivity index (χ2n) is 11.5. The van der Waals surface area contributed by atoms with Crippen molar-refractivity contribution < 1.29 is 23.9 Å². The highest BCUT2D eigenvalue weighted by atomic mass is 16.6. The summed E-state index contributed by atoms with van der Waals surface area (Å²) in [5.41, 5.74) is 0.873. The van der Waals surface area contributed by atoms with Crippen molar-refractivity contribution in [2.75, 3.05) is 18.4 Å². The number of aryl methyl sites for hydroxylation is 1. The molecule has 0 spiro atoms. The van der Waals surface area contributed by atoms with Gasteiger partial charge in [0.2, 0.25) is 0 Å². The standard InChI is InChI=1S/C31H37N3O5/c1-7-33(8-2)28(37)38-24-14-13-23-22(15-18-34(23)19-21-11-9-20(3)10-12-21)25(24)32-26(35)31-17-16-30(6,27(36)39-31)29(31,4)5/h9-15,18H,7-8,16-17,19H2,1-6H3,(H,32,35). The molecule has 0 radical (unpaired) electrons. The summed E-state index contributed by atoms with van der Waals surface area (Å²) in [6.07, 6.45) is 2.48. The van der Waals surface area contributed by atoms with Gasteiger partial charge in [-0.15, -0.1) is 0 Å². The molecule has 5 rings (SSSR count). The Morgan fingerprint density at radius 3 is 2.31 bits per heavy atom. The second kappa shape index (κ2) is 9.43. The minimum absolute atomic E-state index is 0.250. The van der Waals surface area contributed by atoms with Crippen LogP contribution in [0.2, 0.25) is 0 Å². The molecule has 2 heterocycles. The van der Waals surface area contributed by atoms with E-state index in [9.17, 15) is 14.4 Å². The molecule has 2 amide bonds. The number of aromatic nitrogens is 1. The number of anilines is 1. The van der Waals surface area contributed by atoms with E-state index in [0.717, 1.165) is 16.5 Å². The molecule has 2 bridgehead atoms. The molecule has 2 aromatic carbocycles. The maximum Gasteiger partial charge on any atom is 0.415 e. The monoisotopic (exact) mass is 531 g/mol. The summed E-state index contributed by atoms with van der Waals surface area (Å²) < 4.78 is 13.7. The minimum atomic E-state index is -1.30. The number of hydrogen-bond donors (Lipinski definition) is 1. The summed E-state index contributed by atoms with van der Waals surface area (Å²) in [7, 11) is 0. The van der Waals surface area contributed by atoms with Gasteiger partial charge < -0.3 is 24.3 Å². The summed E-state index contributed by atoms with van der Waals surface area (Å²) in [5.74, 6) is -0.495. The first-order valence-electron chi connectivity index (χ1n) is 13.7. The molecule has 2 fully saturated rings. The third-order valence-electron chi connectivity index (χ3n) is 9.30. The SMILES string of the molecule is CCN(CC)C(=O)Oc1ccc2c(ccn2Cc2ccc(C)cc2)c1NC(=O)C12CCC(C)(C(=O)O1)C2(C)C. The number of fused-ring (bicyclic) bond motifs is 3. The fourth-order valence-electron chi connectivity index (χ4n) is 6.10. The van der Waals surface area contributed by atoms with Crippen LogP contribution in [0.15, 0.2) is 48.7 Å². The maximum absolute atomic E-state index is 14.0. The third kappa shape index (κ3) is 3.99. The molecule has 39 heavy (non-hydrogen) atoms. The van der Waals surface area contributed by atoms with Gasteiger partial charge in [-0.3, -0.25) is 9.59 Å². The van der Waals surface area contributed by atoms with Crippen LogP contribution in [0.4, 0.5) is 10.5 Å². The van der Waals surface area contributed by atoms with E-state index in [0.29, 0.717) is 38.2 Å². The first-order valence-corrected chi connectivity index (χ1v) is 13.7. The molecular weight excluding hydrogens is 494 g/mol. The van der Waals surface area contributed by atoms with Crippen molar-refractivity contribution in [1.29, 1.82) is 0 Å². The number of carbonyl (C=O) groups excluding carboxylic acids is 3. The number of nitrogens with one attached hydrogen (secondary N) is 1. The van der Waals surface area contributed by atoms with Crippen molar-refractivity contribution in [2.24, 2.45) is 10.8 Å². The van der Waals surface area contributed by atoms with Crippen LogP contribution in [0.1, 0.15) is 58.6 Å². The van der Waals surface area contributed by atoms with Crippen LogP contribution in [-0.4, -0.2) is 46.1 Å². The fourth-order valence-corrected chi connectivity index (χ4v) is 6.10. The molecule has 8 nitrogen and oxygen atoms in total. The van der Waals surface area contributed by atoms with Gasteiger partial charge in [0.05, 0.1) is 16.6 Å². The smallest absolute Gasteiger partial charge is 0.415 e. The van der Waals surface area contributed by atoms with Crippen LogP contribution in [0.25, 0.3) is 10.9 Å². The second-order valence-corrected chi connectivity index (χ2v) is 11.5. The van der Waals surface area contributed by atoms with Crippen molar-refractivity contribution in [2.45, 2.75) is 66.5 Å². The van der Waals surface area contributed by atoms with E-state index in [1.54, 1.807) is 11.0 Å². The van der Waals surface area contributed by atoms with Gasteiger partial charge in [-0.2, -0.15) is 0 Å². The van der Waals surface area contributed by atoms with Gasteiger partial charge in [-0.05, 0) is 64.3 Å². The van der Waals surface area contributed by atoms with Crippen molar-refractivity contribution in [3.63, 3.8) is 0 Å². The molecular formula is C31H37N3O5. The Morgan fingerprint density at radius 1 is 1.03 bits per heavy atom. The molecule has 1 saturated heterocycles. The normalized spacial score (nSPS) is 23.1. The van der Waals surface area contributed by atoms with E-state index in [2.05, 4.69) is 41.1 Å². The first-order chi connectivity index (χ1) is 18.5. The lowest BCUT2D eigenvalue weighted by Crippen LogP contribution is -2.50. The third-order valence-corrected chi connectivity index (χ3v) is 9.30. The van der Waals surface area contributed by atoms with Crippen LogP contribution in [0, 0.1) is 17.8 Å². The number of amides is 2. The van der Waals surface area contributed by atoms with Gasteiger partial charge >= 0.3 is 12.1 Å². The van der Waals surface area contributed by atoms with Gasteiger partial charge in [0, 0.05) is 36.6 Å². The molecule has 1 aliphatic carbocycles. The number of rotatable bonds is 7. The largest absolute Gasteiger partial charge is 0.448 e. The maximum atomic E-state index is 14.0. The van der Waals surface area contributed by atoms with Gasteiger partial charge in [-0.25, -0.2) is 4.79 Å². The lowest BCUT2D eigenvalue weighted by Gasteiger charge is -2.35. The number of benzene rings is 2. The van der Waals surface area contributed by atoms with Gasteiger partial charge in [0.15, 0.2) is 11.4 Å². The van der Waals surface area contributed by atoms with E-state index < -0.39 is 28.4 Å². The Kier molecular flexibility index (Phi) is 6.48. The van der Waals surface area contributed by atoms with E-state index >= 15 is 0 Å². The van der Waals surface area contributed by atoms with E-state index in [4.69, 9.17) is 9.47 Å². The molecule has 2 atom stereocenters. The Balaban J connectivity index is 1.55. The van der Waals surface area contributed by atoms with Crippen LogP contribution in [-0.2, 0) is 20.9 Å². The summed E-state index contributed by atoms with van der Waals surface area (Å²) in [6.45, 7) is 13.2. The molecule has 1 N–H and O–H groups in total. The molecule has 3 aromatic rings. The van der Waals surface area contributed by atoms with Crippen molar-refractivity contribution in [3.8, 4) is 5.75 Å². The quantitative estimate of drug-likeness (QED) is 0.384. The van der Waals surface area contributed by atoms with Crippen LogP contribution in [0.3, 0.4) is 0 Å². The average Bonchev–Trinajstić information content (AvgIpc) is 3.44. The number of nitrogens with zero attached hydrogens (tertiary/aromatic N) is 2. The average molecular weight is 532 g/mol. The van der Waals surface area contributed by atoms with E-state index in [1.807, 2.05) is 52.9 Å². The number of hydrogen-bond acceptors (Lipinski definition) is 5. The molecule has 1 aromatic heterocycles. The summed E-state index contributed by atoms with van der Waals surface area (Å²) in [4.78, 5) is 41.3. The topological polar surface area (TPSA) is 89.9 Å². The lowest BCUT2D eigenvalue weighted by molar-refractivity contribution is -0.165. The van der Waals surface area contributed by atoms with Crippen molar-refractivity contribution >= 4 is 34.6 Å². The highest BCUT2D eigenvalue weighted by Gasteiger charge is 2.75. The Labute approximate surface area is 229 Å². The van der Waals surface area contributed by atoms with Crippen molar-refractivity contribution in [3.05, 3.63) is 59.8 Å². The minimum Gasteiger partial charge on any atom is -0.448 e. The van der Waals surface area contributed by atoms with Gasteiger partial charge in [0.1, 0.15) is 0 Å². The highest BCUT2D eigenvalue weighted by molar-refractivity contribution is 6.09. The molecule has 8 heteroatoms. The number of esters is 1. The Morgan fingerprint density at radius 2 is 1.72 bits per heavy atom. The van der Waals surface area contributed by atoms with Crippen LogP contribution in [0.5, 0.6) is 5.75 Å². The van der Waals surface area contributed by atoms with Gasteiger partial charge in [-0.1, -0.05) is 43.7 Å². The first kappa shape index (κ1) is 26.8. The lowest BCUT2D eigenvalue weighted by atomic mass is 9.66. The van der Waals surface area contributed by atoms with Crippen molar-refractivity contribution in [1.82, 2.24) is 9.47 Å².